The number of carboxylic acids is 1. The summed E-state index contributed by atoms with van der Waals surface area (Å²) < 4.78 is 0. The lowest BCUT2D eigenvalue weighted by Gasteiger charge is -2.27. The number of hydrogen-bond donors (Lipinski definition) is 2. The van der Waals surface area contributed by atoms with Gasteiger partial charge in [0.05, 0.1) is 6.42 Å². The van der Waals surface area contributed by atoms with Crippen molar-refractivity contribution in [1.29, 1.82) is 0 Å². The number of rotatable bonds is 7. The SMILES string of the molecule is CCN(c1ccc(NC(=O)CCC(=O)O)cc1)C(C)C. The molecule has 1 aromatic carbocycles. The highest BCUT2D eigenvalue weighted by atomic mass is 16.4. The van der Waals surface area contributed by atoms with Gasteiger partial charge in [-0.05, 0) is 45.0 Å². The molecule has 0 spiro atoms. The average molecular weight is 278 g/mol. The molecule has 1 rings (SSSR count). The van der Waals surface area contributed by atoms with Crippen molar-refractivity contribution in [2.75, 3.05) is 16.8 Å². The average Bonchev–Trinajstić information content (AvgIpc) is 2.39. The van der Waals surface area contributed by atoms with Gasteiger partial charge in [-0.3, -0.25) is 9.59 Å². The first-order chi connectivity index (χ1) is 9.43. The summed E-state index contributed by atoms with van der Waals surface area (Å²) in [6.07, 6.45) is -0.162. The van der Waals surface area contributed by atoms with Gasteiger partial charge >= 0.3 is 5.97 Å². The molecule has 0 aliphatic heterocycles. The molecule has 1 aromatic rings. The molecule has 1 amide bonds. The topological polar surface area (TPSA) is 69.6 Å². The molecule has 0 aromatic heterocycles. The molecule has 0 fully saturated rings. The minimum Gasteiger partial charge on any atom is -0.481 e. The summed E-state index contributed by atoms with van der Waals surface area (Å²) in [7, 11) is 0. The third kappa shape index (κ3) is 4.91. The van der Waals surface area contributed by atoms with Gasteiger partial charge in [-0.25, -0.2) is 0 Å². The molecule has 5 nitrogen and oxygen atoms in total. The summed E-state index contributed by atoms with van der Waals surface area (Å²) >= 11 is 0. The van der Waals surface area contributed by atoms with Crippen molar-refractivity contribution in [3.63, 3.8) is 0 Å². The zero-order valence-corrected chi connectivity index (χ0v) is 12.2. The molecule has 110 valence electrons. The number of anilines is 2. The van der Waals surface area contributed by atoms with E-state index in [9.17, 15) is 9.59 Å². The van der Waals surface area contributed by atoms with E-state index in [0.717, 1.165) is 12.2 Å². The lowest BCUT2D eigenvalue weighted by atomic mass is 10.2. The van der Waals surface area contributed by atoms with Crippen LogP contribution in [0.15, 0.2) is 24.3 Å². The minimum absolute atomic E-state index is 0.00976. The molecule has 0 aliphatic rings. The Morgan fingerprint density at radius 1 is 1.20 bits per heavy atom. The summed E-state index contributed by atoms with van der Waals surface area (Å²) in [4.78, 5) is 24.1. The van der Waals surface area contributed by atoms with Gasteiger partial charge in [-0.1, -0.05) is 0 Å². The molecule has 0 saturated heterocycles. The van der Waals surface area contributed by atoms with Gasteiger partial charge in [0.25, 0.3) is 0 Å². The Kier molecular flexibility index (Phi) is 6.03. The van der Waals surface area contributed by atoms with Crippen LogP contribution in [-0.4, -0.2) is 29.6 Å². The third-order valence-corrected chi connectivity index (χ3v) is 3.01. The lowest BCUT2D eigenvalue weighted by Crippen LogP contribution is -2.30. The van der Waals surface area contributed by atoms with E-state index < -0.39 is 5.97 Å². The molecule has 5 heteroatoms. The molecule has 20 heavy (non-hydrogen) atoms. The molecule has 0 radical (unpaired) electrons. The summed E-state index contributed by atoms with van der Waals surface area (Å²) in [5, 5.41) is 11.2. The monoisotopic (exact) mass is 278 g/mol. The smallest absolute Gasteiger partial charge is 0.303 e. The third-order valence-electron chi connectivity index (χ3n) is 3.01. The van der Waals surface area contributed by atoms with Gasteiger partial charge in [0, 0.05) is 30.4 Å². The predicted octanol–water partition coefficient (Wildman–Crippen LogP) is 2.72. The van der Waals surface area contributed by atoms with Crippen LogP contribution in [0.25, 0.3) is 0 Å². The molecule has 0 unspecified atom stereocenters. The van der Waals surface area contributed by atoms with Crippen molar-refractivity contribution in [3.8, 4) is 0 Å². The first-order valence-corrected chi connectivity index (χ1v) is 6.82. The molecular formula is C15H22N2O3. The number of hydrogen-bond acceptors (Lipinski definition) is 3. The molecule has 0 bridgehead atoms. The predicted molar refractivity (Wildman–Crippen MR) is 80.1 cm³/mol. The number of benzene rings is 1. The van der Waals surface area contributed by atoms with Gasteiger partial charge < -0.3 is 15.3 Å². The number of nitrogens with zero attached hydrogens (tertiary/aromatic N) is 1. The van der Waals surface area contributed by atoms with E-state index in [1.165, 1.54) is 0 Å². The van der Waals surface area contributed by atoms with E-state index in [2.05, 4.69) is 31.0 Å². The number of nitrogens with one attached hydrogen (secondary N) is 1. The zero-order chi connectivity index (χ0) is 15.1. The Balaban J connectivity index is 2.62. The van der Waals surface area contributed by atoms with Gasteiger partial charge in [-0.15, -0.1) is 0 Å². The Morgan fingerprint density at radius 2 is 1.80 bits per heavy atom. The van der Waals surface area contributed by atoms with Crippen LogP contribution >= 0.6 is 0 Å². The molecule has 0 heterocycles. The first-order valence-electron chi connectivity index (χ1n) is 6.82. The summed E-state index contributed by atoms with van der Waals surface area (Å²) in [5.41, 5.74) is 1.79. The summed E-state index contributed by atoms with van der Waals surface area (Å²) in [5.74, 6) is -1.25. The molecule has 0 saturated carbocycles. The van der Waals surface area contributed by atoms with Crippen LogP contribution in [0.4, 0.5) is 11.4 Å². The Labute approximate surface area is 119 Å². The Hall–Kier alpha value is -2.04. The van der Waals surface area contributed by atoms with E-state index in [1.54, 1.807) is 0 Å². The van der Waals surface area contributed by atoms with Crippen molar-refractivity contribution in [2.45, 2.75) is 39.7 Å². The van der Waals surface area contributed by atoms with Gasteiger partial charge in [-0.2, -0.15) is 0 Å². The van der Waals surface area contributed by atoms with E-state index in [0.29, 0.717) is 11.7 Å². The van der Waals surface area contributed by atoms with Crippen LogP contribution in [0.2, 0.25) is 0 Å². The van der Waals surface area contributed by atoms with E-state index in [4.69, 9.17) is 5.11 Å². The second kappa shape index (κ2) is 7.53. The fourth-order valence-electron chi connectivity index (χ4n) is 2.03. The van der Waals surface area contributed by atoms with Crippen LogP contribution in [0, 0.1) is 0 Å². The van der Waals surface area contributed by atoms with Crippen LogP contribution in [-0.2, 0) is 9.59 Å². The molecular weight excluding hydrogens is 256 g/mol. The maximum Gasteiger partial charge on any atom is 0.303 e. The van der Waals surface area contributed by atoms with Crippen molar-refractivity contribution in [3.05, 3.63) is 24.3 Å². The quantitative estimate of drug-likeness (QED) is 0.804. The van der Waals surface area contributed by atoms with Gasteiger partial charge in [0.1, 0.15) is 0 Å². The maximum atomic E-state index is 11.5. The highest BCUT2D eigenvalue weighted by Gasteiger charge is 2.09. The normalized spacial score (nSPS) is 10.4. The van der Waals surface area contributed by atoms with E-state index in [-0.39, 0.29) is 18.7 Å². The van der Waals surface area contributed by atoms with Crippen molar-refractivity contribution in [2.24, 2.45) is 0 Å². The van der Waals surface area contributed by atoms with Crippen molar-refractivity contribution in [1.82, 2.24) is 0 Å². The molecule has 0 aliphatic carbocycles. The number of carbonyl (C=O) groups excluding carboxylic acids is 1. The van der Waals surface area contributed by atoms with Crippen LogP contribution in [0.5, 0.6) is 0 Å². The highest BCUT2D eigenvalue weighted by molar-refractivity contribution is 5.92. The maximum absolute atomic E-state index is 11.5. The largest absolute Gasteiger partial charge is 0.481 e. The Morgan fingerprint density at radius 3 is 2.25 bits per heavy atom. The van der Waals surface area contributed by atoms with E-state index in [1.807, 2.05) is 24.3 Å². The number of amides is 1. The molecule has 2 N–H and O–H groups in total. The zero-order valence-electron chi connectivity index (χ0n) is 12.2. The van der Waals surface area contributed by atoms with Gasteiger partial charge in [0.2, 0.25) is 5.91 Å². The summed E-state index contributed by atoms with van der Waals surface area (Å²) in [6.45, 7) is 7.28. The number of aliphatic carboxylic acids is 1. The standard InChI is InChI=1S/C15H22N2O3/c1-4-17(11(2)3)13-7-5-12(6-8-13)16-14(18)9-10-15(19)20/h5-8,11H,4,9-10H2,1-3H3,(H,16,18)(H,19,20). The van der Waals surface area contributed by atoms with Crippen molar-refractivity contribution >= 4 is 23.3 Å². The van der Waals surface area contributed by atoms with Crippen LogP contribution < -0.4 is 10.2 Å². The van der Waals surface area contributed by atoms with Crippen LogP contribution in [0.1, 0.15) is 33.6 Å². The lowest BCUT2D eigenvalue weighted by molar-refractivity contribution is -0.138. The number of carboxylic acid groups (broad SMARTS) is 1. The first kappa shape index (κ1) is 16.0. The fraction of sp³-hybridized carbons (Fsp3) is 0.467. The number of carbonyl (C=O) groups is 2. The summed E-state index contributed by atoms with van der Waals surface area (Å²) in [6, 6.07) is 7.99. The van der Waals surface area contributed by atoms with Gasteiger partial charge in [0.15, 0.2) is 0 Å². The van der Waals surface area contributed by atoms with Crippen molar-refractivity contribution < 1.29 is 14.7 Å². The minimum atomic E-state index is -0.967. The highest BCUT2D eigenvalue weighted by Crippen LogP contribution is 2.20. The van der Waals surface area contributed by atoms with E-state index >= 15 is 0 Å². The van der Waals surface area contributed by atoms with Crippen LogP contribution in [0.3, 0.4) is 0 Å². The fourth-order valence-corrected chi connectivity index (χ4v) is 2.03. The Bertz CT molecular complexity index is 455. The molecule has 0 atom stereocenters. The second-order valence-corrected chi connectivity index (χ2v) is 4.87. The second-order valence-electron chi connectivity index (χ2n) is 4.87.